The standard InChI is InChI=1S/C20H20F3N5O4S/c1-11-5-4-6-13-14(7-8-27(15(11)13)17(29)20(21,22)23)28-10-12-9-24-18(33(3,31)32)25-16(12)26(2)19(28)30/h4-6,9,14H,7-8,10H2,1-3H3. The third-order valence-electron chi connectivity index (χ3n) is 5.73. The van der Waals surface area contributed by atoms with E-state index in [2.05, 4.69) is 9.97 Å². The van der Waals surface area contributed by atoms with Crippen molar-refractivity contribution in [2.75, 3.05) is 29.6 Å². The average molecular weight is 483 g/mol. The number of aromatic nitrogens is 2. The summed E-state index contributed by atoms with van der Waals surface area (Å²) >= 11 is 0. The van der Waals surface area contributed by atoms with Crippen molar-refractivity contribution in [1.82, 2.24) is 14.9 Å². The number of anilines is 2. The molecule has 1 unspecified atom stereocenters. The predicted octanol–water partition coefficient (Wildman–Crippen LogP) is 2.60. The van der Waals surface area contributed by atoms with E-state index in [4.69, 9.17) is 0 Å². The van der Waals surface area contributed by atoms with Gasteiger partial charge in [0.1, 0.15) is 5.82 Å². The number of rotatable bonds is 2. The number of fused-ring (bicyclic) bond motifs is 2. The molecule has 9 nitrogen and oxygen atoms in total. The van der Waals surface area contributed by atoms with Gasteiger partial charge in [0.25, 0.3) is 0 Å². The van der Waals surface area contributed by atoms with Crippen LogP contribution in [-0.4, -0.2) is 61.2 Å². The Hall–Kier alpha value is -3.22. The summed E-state index contributed by atoms with van der Waals surface area (Å²) < 4.78 is 63.1. The van der Waals surface area contributed by atoms with Crippen LogP contribution < -0.4 is 9.80 Å². The van der Waals surface area contributed by atoms with Crippen molar-refractivity contribution in [3.63, 3.8) is 0 Å². The largest absolute Gasteiger partial charge is 0.471 e. The Labute approximate surface area is 187 Å². The van der Waals surface area contributed by atoms with Gasteiger partial charge >= 0.3 is 18.1 Å². The van der Waals surface area contributed by atoms with Gasteiger partial charge < -0.3 is 9.80 Å². The van der Waals surface area contributed by atoms with Crippen molar-refractivity contribution in [1.29, 1.82) is 0 Å². The van der Waals surface area contributed by atoms with Gasteiger partial charge in [0.05, 0.1) is 18.3 Å². The number of hydrogen-bond acceptors (Lipinski definition) is 6. The molecule has 2 aliphatic heterocycles. The number of nitrogens with zero attached hydrogens (tertiary/aromatic N) is 5. The Kier molecular flexibility index (Phi) is 5.34. The van der Waals surface area contributed by atoms with Gasteiger partial charge in [-0.25, -0.2) is 23.2 Å². The summed E-state index contributed by atoms with van der Waals surface area (Å²) in [6.07, 6.45) is -2.65. The number of urea groups is 1. The lowest BCUT2D eigenvalue weighted by molar-refractivity contribution is -0.170. The molecule has 0 N–H and O–H groups in total. The fourth-order valence-electron chi connectivity index (χ4n) is 4.26. The third kappa shape index (κ3) is 3.90. The third-order valence-corrected chi connectivity index (χ3v) is 6.59. The van der Waals surface area contributed by atoms with Crippen molar-refractivity contribution < 1.29 is 31.2 Å². The van der Waals surface area contributed by atoms with E-state index in [1.54, 1.807) is 25.1 Å². The molecular weight excluding hydrogens is 463 g/mol. The Bertz CT molecular complexity index is 1260. The van der Waals surface area contributed by atoms with Crippen molar-refractivity contribution in [3.05, 3.63) is 41.1 Å². The molecule has 1 aromatic carbocycles. The number of halogens is 3. The summed E-state index contributed by atoms with van der Waals surface area (Å²) in [5.41, 5.74) is 1.54. The summed E-state index contributed by atoms with van der Waals surface area (Å²) in [4.78, 5) is 36.5. The molecular formula is C20H20F3N5O4S. The fraction of sp³-hybridized carbons (Fsp3) is 0.400. The number of para-hydroxylation sites is 1. The molecule has 0 bridgehead atoms. The molecule has 0 spiro atoms. The molecule has 3 amide bonds. The molecule has 3 heterocycles. The van der Waals surface area contributed by atoms with Crippen LogP contribution in [0, 0.1) is 6.92 Å². The minimum absolute atomic E-state index is 0.0355. The molecule has 0 aliphatic carbocycles. The second-order valence-electron chi connectivity index (χ2n) is 8.01. The Morgan fingerprint density at radius 2 is 1.94 bits per heavy atom. The van der Waals surface area contributed by atoms with Crippen LogP contribution >= 0.6 is 0 Å². The lowest BCUT2D eigenvalue weighted by atomic mass is 9.91. The van der Waals surface area contributed by atoms with Gasteiger partial charge in [0, 0.05) is 31.6 Å². The fourth-order valence-corrected chi connectivity index (χ4v) is 4.75. The van der Waals surface area contributed by atoms with E-state index in [1.165, 1.54) is 23.0 Å². The molecule has 4 rings (SSSR count). The summed E-state index contributed by atoms with van der Waals surface area (Å²) in [5.74, 6) is -1.80. The summed E-state index contributed by atoms with van der Waals surface area (Å²) in [6.45, 7) is 1.43. The average Bonchev–Trinajstić information content (AvgIpc) is 2.74. The maximum atomic E-state index is 13.2. The molecule has 1 atom stereocenters. The molecule has 1 aromatic heterocycles. The quantitative estimate of drug-likeness (QED) is 0.609. The summed E-state index contributed by atoms with van der Waals surface area (Å²) in [7, 11) is -2.25. The van der Waals surface area contributed by atoms with E-state index in [1.807, 2.05) is 0 Å². The van der Waals surface area contributed by atoms with Gasteiger partial charge in [-0.15, -0.1) is 0 Å². The number of aryl methyl sites for hydroxylation is 1. The maximum Gasteiger partial charge on any atom is 0.471 e. The van der Waals surface area contributed by atoms with Gasteiger partial charge in [-0.2, -0.15) is 13.2 Å². The zero-order valence-corrected chi connectivity index (χ0v) is 18.7. The highest BCUT2D eigenvalue weighted by atomic mass is 32.2. The lowest BCUT2D eigenvalue weighted by Gasteiger charge is -2.43. The first kappa shape index (κ1) is 23.0. The van der Waals surface area contributed by atoms with Gasteiger partial charge in [-0.3, -0.25) is 9.69 Å². The number of amides is 3. The molecule has 176 valence electrons. The Morgan fingerprint density at radius 3 is 2.58 bits per heavy atom. The molecule has 33 heavy (non-hydrogen) atoms. The first-order valence-corrected chi connectivity index (χ1v) is 11.8. The van der Waals surface area contributed by atoms with E-state index < -0.39 is 39.2 Å². The van der Waals surface area contributed by atoms with Gasteiger partial charge in [-0.05, 0) is 24.5 Å². The second kappa shape index (κ2) is 7.68. The van der Waals surface area contributed by atoms with E-state index in [9.17, 15) is 31.2 Å². The van der Waals surface area contributed by atoms with Gasteiger partial charge in [0.15, 0.2) is 0 Å². The molecule has 13 heteroatoms. The SMILES string of the molecule is Cc1cccc2c1N(C(=O)C(F)(F)F)CCC2N1Cc2cnc(S(C)(=O)=O)nc2N(C)C1=O. The number of sulfone groups is 1. The Balaban J connectivity index is 1.75. The molecule has 0 fully saturated rings. The molecule has 2 aromatic rings. The normalized spacial score (nSPS) is 18.8. The van der Waals surface area contributed by atoms with Crippen molar-refractivity contribution in [2.24, 2.45) is 0 Å². The van der Waals surface area contributed by atoms with Crippen molar-refractivity contribution in [3.8, 4) is 0 Å². The monoisotopic (exact) mass is 483 g/mol. The van der Waals surface area contributed by atoms with E-state index in [0.29, 0.717) is 16.7 Å². The lowest BCUT2D eigenvalue weighted by Crippen LogP contribution is -2.51. The van der Waals surface area contributed by atoms with E-state index in [-0.39, 0.29) is 31.0 Å². The predicted molar refractivity (Wildman–Crippen MR) is 111 cm³/mol. The zero-order valence-electron chi connectivity index (χ0n) is 17.9. The van der Waals surface area contributed by atoms with Crippen LogP contribution in [-0.2, 0) is 21.2 Å². The smallest absolute Gasteiger partial charge is 0.313 e. The second-order valence-corrected chi connectivity index (χ2v) is 9.92. The zero-order chi connectivity index (χ0) is 24.3. The van der Waals surface area contributed by atoms with Crippen LogP contribution in [0.15, 0.2) is 29.6 Å². The maximum absolute atomic E-state index is 13.2. The van der Waals surface area contributed by atoms with Gasteiger partial charge in [0.2, 0.25) is 15.0 Å². The number of alkyl halides is 3. The van der Waals surface area contributed by atoms with Crippen molar-refractivity contribution in [2.45, 2.75) is 37.3 Å². The van der Waals surface area contributed by atoms with E-state index >= 15 is 0 Å². The van der Waals surface area contributed by atoms with Crippen LogP contribution in [0.4, 0.5) is 29.5 Å². The van der Waals surface area contributed by atoms with Crippen molar-refractivity contribution >= 4 is 33.3 Å². The summed E-state index contributed by atoms with van der Waals surface area (Å²) in [5, 5.41) is -0.408. The van der Waals surface area contributed by atoms with Crippen LogP contribution in [0.25, 0.3) is 0 Å². The van der Waals surface area contributed by atoms with Gasteiger partial charge in [-0.1, -0.05) is 18.2 Å². The molecule has 2 aliphatic rings. The highest BCUT2D eigenvalue weighted by molar-refractivity contribution is 7.90. The first-order chi connectivity index (χ1) is 15.3. The minimum atomic E-state index is -5.03. The topological polar surface area (TPSA) is 104 Å². The minimum Gasteiger partial charge on any atom is -0.313 e. The molecule has 0 saturated heterocycles. The highest BCUT2D eigenvalue weighted by Crippen LogP contribution is 2.43. The van der Waals surface area contributed by atoms with Crippen LogP contribution in [0.5, 0.6) is 0 Å². The summed E-state index contributed by atoms with van der Waals surface area (Å²) in [6, 6.07) is 3.78. The van der Waals surface area contributed by atoms with E-state index in [0.717, 1.165) is 11.2 Å². The molecule has 0 radical (unpaired) electrons. The Morgan fingerprint density at radius 1 is 1.24 bits per heavy atom. The number of carbonyl (C=O) groups excluding carboxylic acids is 2. The number of benzene rings is 1. The number of hydrogen-bond donors (Lipinski definition) is 0. The number of carbonyl (C=O) groups is 2. The first-order valence-electron chi connectivity index (χ1n) is 9.89. The highest BCUT2D eigenvalue weighted by Gasteiger charge is 2.47. The molecule has 0 saturated carbocycles. The van der Waals surface area contributed by atoms with Crippen LogP contribution in [0.3, 0.4) is 0 Å². The van der Waals surface area contributed by atoms with Crippen LogP contribution in [0.2, 0.25) is 0 Å². The van der Waals surface area contributed by atoms with Crippen LogP contribution in [0.1, 0.15) is 29.2 Å².